The molecule has 1 heterocycles. The van der Waals surface area contributed by atoms with E-state index in [0.29, 0.717) is 18.7 Å². The molecule has 0 aliphatic rings. The zero-order valence-electron chi connectivity index (χ0n) is 12.0. The van der Waals surface area contributed by atoms with Crippen molar-refractivity contribution in [2.45, 2.75) is 13.5 Å². The molecule has 0 fully saturated rings. The summed E-state index contributed by atoms with van der Waals surface area (Å²) in [6.07, 6.45) is 0. The molecule has 0 aliphatic heterocycles. The van der Waals surface area contributed by atoms with E-state index >= 15 is 0 Å². The van der Waals surface area contributed by atoms with Crippen molar-refractivity contribution in [1.82, 2.24) is 4.57 Å². The quantitative estimate of drug-likeness (QED) is 0.535. The Hall–Kier alpha value is -2.55. The highest BCUT2D eigenvalue weighted by Gasteiger charge is 2.10. The molecular formula is C18H17NO2. The van der Waals surface area contributed by atoms with Crippen LogP contribution in [0.4, 0.5) is 0 Å². The van der Waals surface area contributed by atoms with Crippen LogP contribution in [0.3, 0.4) is 0 Å². The van der Waals surface area contributed by atoms with Crippen molar-refractivity contribution in [2.24, 2.45) is 0 Å². The fourth-order valence-corrected chi connectivity index (χ4v) is 2.60. The SMILES string of the molecule is C=C(C)C(=O)OCCn1c2ccccc2c2ccccc21. The number of aromatic nitrogens is 1. The predicted molar refractivity (Wildman–Crippen MR) is 85.2 cm³/mol. The second kappa shape index (κ2) is 5.44. The maximum absolute atomic E-state index is 11.5. The highest BCUT2D eigenvalue weighted by Crippen LogP contribution is 2.28. The van der Waals surface area contributed by atoms with Crippen molar-refractivity contribution in [3.8, 4) is 0 Å². The van der Waals surface area contributed by atoms with E-state index in [1.165, 1.54) is 10.8 Å². The third-order valence-electron chi connectivity index (χ3n) is 3.58. The lowest BCUT2D eigenvalue weighted by Crippen LogP contribution is -2.11. The molecule has 0 saturated carbocycles. The molecule has 3 heteroatoms. The summed E-state index contributed by atoms with van der Waals surface area (Å²) in [6, 6.07) is 16.6. The number of esters is 1. The highest BCUT2D eigenvalue weighted by molar-refractivity contribution is 6.07. The van der Waals surface area contributed by atoms with Gasteiger partial charge in [-0.2, -0.15) is 0 Å². The lowest BCUT2D eigenvalue weighted by molar-refractivity contribution is -0.139. The number of rotatable bonds is 4. The molecule has 3 aromatic rings. The van der Waals surface area contributed by atoms with Crippen LogP contribution in [0.1, 0.15) is 6.92 Å². The van der Waals surface area contributed by atoms with Crippen molar-refractivity contribution < 1.29 is 9.53 Å². The van der Waals surface area contributed by atoms with Gasteiger partial charge in [-0.3, -0.25) is 0 Å². The summed E-state index contributed by atoms with van der Waals surface area (Å²) in [7, 11) is 0. The number of carbonyl (C=O) groups is 1. The van der Waals surface area contributed by atoms with E-state index in [1.807, 2.05) is 24.3 Å². The molecular weight excluding hydrogens is 262 g/mol. The summed E-state index contributed by atoms with van der Waals surface area (Å²) >= 11 is 0. The fraction of sp³-hybridized carbons (Fsp3) is 0.167. The standard InChI is InChI=1S/C18H17NO2/c1-13(2)18(20)21-12-11-19-16-9-5-3-7-14(16)15-8-4-6-10-17(15)19/h3-10H,1,11-12H2,2H3. The van der Waals surface area contributed by atoms with Gasteiger partial charge in [0.25, 0.3) is 0 Å². The number of fused-ring (bicyclic) bond motifs is 3. The van der Waals surface area contributed by atoms with Crippen molar-refractivity contribution >= 4 is 27.8 Å². The van der Waals surface area contributed by atoms with E-state index in [0.717, 1.165) is 11.0 Å². The molecule has 0 atom stereocenters. The Labute approximate surface area is 123 Å². The van der Waals surface area contributed by atoms with Gasteiger partial charge in [-0.15, -0.1) is 0 Å². The Bertz CT molecular complexity index is 776. The first-order valence-corrected chi connectivity index (χ1v) is 6.97. The average Bonchev–Trinajstić information content (AvgIpc) is 2.82. The summed E-state index contributed by atoms with van der Waals surface area (Å²) in [6.45, 7) is 6.22. The first-order chi connectivity index (χ1) is 10.2. The van der Waals surface area contributed by atoms with Gasteiger partial charge in [-0.05, 0) is 19.1 Å². The van der Waals surface area contributed by atoms with Crippen LogP contribution in [0.5, 0.6) is 0 Å². The number of nitrogens with zero attached hydrogens (tertiary/aromatic N) is 1. The molecule has 0 unspecified atom stereocenters. The average molecular weight is 279 g/mol. The van der Waals surface area contributed by atoms with Gasteiger partial charge in [-0.25, -0.2) is 4.79 Å². The Morgan fingerprint density at radius 2 is 1.57 bits per heavy atom. The number of hydrogen-bond donors (Lipinski definition) is 0. The Morgan fingerprint density at radius 3 is 2.10 bits per heavy atom. The first-order valence-electron chi connectivity index (χ1n) is 6.97. The minimum absolute atomic E-state index is 0.337. The molecule has 0 amide bonds. The molecule has 21 heavy (non-hydrogen) atoms. The topological polar surface area (TPSA) is 31.2 Å². The lowest BCUT2D eigenvalue weighted by Gasteiger charge is -2.08. The summed E-state index contributed by atoms with van der Waals surface area (Å²) in [5, 5.41) is 2.44. The van der Waals surface area contributed by atoms with Crippen molar-refractivity contribution in [1.29, 1.82) is 0 Å². The number of hydrogen-bond acceptors (Lipinski definition) is 2. The van der Waals surface area contributed by atoms with Crippen LogP contribution in [-0.4, -0.2) is 17.1 Å². The van der Waals surface area contributed by atoms with Crippen molar-refractivity contribution in [3.63, 3.8) is 0 Å². The lowest BCUT2D eigenvalue weighted by atomic mass is 10.2. The second-order valence-corrected chi connectivity index (χ2v) is 5.10. The van der Waals surface area contributed by atoms with E-state index in [2.05, 4.69) is 35.4 Å². The molecule has 0 N–H and O–H groups in total. The summed E-state index contributed by atoms with van der Waals surface area (Å²) in [4.78, 5) is 11.5. The zero-order valence-corrected chi connectivity index (χ0v) is 12.0. The molecule has 0 saturated heterocycles. The molecule has 3 nitrogen and oxygen atoms in total. The second-order valence-electron chi connectivity index (χ2n) is 5.10. The Morgan fingerprint density at radius 1 is 1.05 bits per heavy atom. The number of benzene rings is 2. The molecule has 0 radical (unpaired) electrons. The van der Waals surface area contributed by atoms with Crippen LogP contribution in [0.25, 0.3) is 21.8 Å². The van der Waals surface area contributed by atoms with Crippen LogP contribution in [-0.2, 0) is 16.1 Å². The predicted octanol–water partition coefficient (Wildman–Crippen LogP) is 3.91. The molecule has 3 rings (SSSR count). The summed E-state index contributed by atoms with van der Waals surface area (Å²) in [5.41, 5.74) is 2.74. The summed E-state index contributed by atoms with van der Waals surface area (Å²) < 4.78 is 7.41. The molecule has 0 bridgehead atoms. The smallest absolute Gasteiger partial charge is 0.333 e. The number of para-hydroxylation sites is 2. The van der Waals surface area contributed by atoms with Crippen LogP contribution in [0.15, 0.2) is 60.7 Å². The minimum Gasteiger partial charge on any atom is -0.460 e. The van der Waals surface area contributed by atoms with Crippen LogP contribution >= 0.6 is 0 Å². The molecule has 1 aromatic heterocycles. The maximum atomic E-state index is 11.5. The molecule has 0 spiro atoms. The minimum atomic E-state index is -0.337. The highest BCUT2D eigenvalue weighted by atomic mass is 16.5. The van der Waals surface area contributed by atoms with E-state index in [1.54, 1.807) is 6.92 Å². The van der Waals surface area contributed by atoms with Crippen LogP contribution in [0.2, 0.25) is 0 Å². The molecule has 2 aromatic carbocycles. The summed E-state index contributed by atoms with van der Waals surface area (Å²) in [5.74, 6) is -0.337. The third-order valence-corrected chi connectivity index (χ3v) is 3.58. The zero-order chi connectivity index (χ0) is 14.8. The largest absolute Gasteiger partial charge is 0.460 e. The Balaban J connectivity index is 1.96. The molecule has 0 aliphatic carbocycles. The fourth-order valence-electron chi connectivity index (χ4n) is 2.60. The van der Waals surface area contributed by atoms with Gasteiger partial charge in [0.15, 0.2) is 0 Å². The first kappa shape index (κ1) is 13.4. The van der Waals surface area contributed by atoms with Crippen molar-refractivity contribution in [2.75, 3.05) is 6.61 Å². The molecule has 106 valence electrons. The van der Waals surface area contributed by atoms with Crippen LogP contribution < -0.4 is 0 Å². The number of ether oxygens (including phenoxy) is 1. The van der Waals surface area contributed by atoms with Gasteiger partial charge in [0, 0.05) is 27.4 Å². The van der Waals surface area contributed by atoms with E-state index in [-0.39, 0.29) is 5.97 Å². The third kappa shape index (κ3) is 2.42. The normalized spacial score (nSPS) is 10.9. The van der Waals surface area contributed by atoms with E-state index < -0.39 is 0 Å². The van der Waals surface area contributed by atoms with Gasteiger partial charge in [0.05, 0.1) is 6.54 Å². The maximum Gasteiger partial charge on any atom is 0.333 e. The van der Waals surface area contributed by atoms with Gasteiger partial charge in [0.2, 0.25) is 0 Å². The van der Waals surface area contributed by atoms with Gasteiger partial charge in [0.1, 0.15) is 6.61 Å². The van der Waals surface area contributed by atoms with Crippen LogP contribution in [0, 0.1) is 0 Å². The van der Waals surface area contributed by atoms with Gasteiger partial charge in [-0.1, -0.05) is 43.0 Å². The van der Waals surface area contributed by atoms with E-state index in [9.17, 15) is 4.79 Å². The van der Waals surface area contributed by atoms with Gasteiger partial charge >= 0.3 is 5.97 Å². The van der Waals surface area contributed by atoms with E-state index in [4.69, 9.17) is 4.74 Å². The van der Waals surface area contributed by atoms with Crippen molar-refractivity contribution in [3.05, 3.63) is 60.7 Å². The Kier molecular flexibility index (Phi) is 3.48. The monoisotopic (exact) mass is 279 g/mol. The number of carbonyl (C=O) groups excluding carboxylic acids is 1. The van der Waals surface area contributed by atoms with Gasteiger partial charge < -0.3 is 9.30 Å².